The topological polar surface area (TPSA) is 29.1 Å². The highest BCUT2D eigenvalue weighted by molar-refractivity contribution is 6.17. The molecule has 0 aromatic heterocycles. The molecule has 0 fully saturated rings. The Morgan fingerprint density at radius 2 is 1.78 bits per heavy atom. The number of benzene rings is 1. The molecule has 1 N–H and O–H groups in total. The van der Waals surface area contributed by atoms with Gasteiger partial charge in [0.1, 0.15) is 0 Å². The summed E-state index contributed by atoms with van der Waals surface area (Å²) in [7, 11) is 0. The summed E-state index contributed by atoms with van der Waals surface area (Å²) in [4.78, 5) is 12.1. The Morgan fingerprint density at radius 1 is 1.22 bits per heavy atom. The Morgan fingerprint density at radius 3 is 2.28 bits per heavy atom. The maximum atomic E-state index is 12.1. The van der Waals surface area contributed by atoms with E-state index in [0.29, 0.717) is 12.4 Å². The second-order valence-electron chi connectivity index (χ2n) is 5.66. The molecule has 0 heterocycles. The van der Waals surface area contributed by atoms with Gasteiger partial charge in [-0.05, 0) is 37.8 Å². The van der Waals surface area contributed by atoms with Crippen LogP contribution in [-0.4, -0.2) is 18.3 Å². The lowest BCUT2D eigenvalue weighted by Crippen LogP contribution is -2.34. The molecule has 0 bridgehead atoms. The fourth-order valence-electron chi connectivity index (χ4n) is 1.87. The van der Waals surface area contributed by atoms with Gasteiger partial charge in [0.15, 0.2) is 0 Å². The third kappa shape index (κ3) is 4.69. The standard InChI is InChI=1S/C15H22ClNO/c1-11-7-12(2)9-13(8-11)14(18)17-10-15(3,4)5-6-16/h7-9H,5-6,10H2,1-4H3,(H,17,18). The van der Waals surface area contributed by atoms with Crippen molar-refractivity contribution in [2.24, 2.45) is 5.41 Å². The number of carbonyl (C=O) groups is 1. The van der Waals surface area contributed by atoms with Crippen molar-refractivity contribution in [2.45, 2.75) is 34.1 Å². The Labute approximate surface area is 115 Å². The number of nitrogens with one attached hydrogen (secondary N) is 1. The lowest BCUT2D eigenvalue weighted by molar-refractivity contribution is 0.0935. The number of alkyl halides is 1. The van der Waals surface area contributed by atoms with Crippen molar-refractivity contribution >= 4 is 17.5 Å². The molecule has 0 saturated heterocycles. The van der Waals surface area contributed by atoms with Crippen LogP contribution in [0.15, 0.2) is 18.2 Å². The van der Waals surface area contributed by atoms with Crippen LogP contribution in [0.4, 0.5) is 0 Å². The predicted octanol–water partition coefficient (Wildman–Crippen LogP) is 3.69. The Kier molecular flexibility index (Phi) is 5.21. The first-order valence-corrected chi connectivity index (χ1v) is 6.80. The van der Waals surface area contributed by atoms with E-state index in [1.165, 1.54) is 0 Å². The van der Waals surface area contributed by atoms with E-state index >= 15 is 0 Å². The van der Waals surface area contributed by atoms with E-state index in [0.717, 1.165) is 23.1 Å². The maximum absolute atomic E-state index is 12.1. The highest BCUT2D eigenvalue weighted by atomic mass is 35.5. The van der Waals surface area contributed by atoms with Gasteiger partial charge in [0, 0.05) is 18.0 Å². The monoisotopic (exact) mass is 267 g/mol. The van der Waals surface area contributed by atoms with Gasteiger partial charge in [-0.3, -0.25) is 4.79 Å². The molecule has 0 atom stereocenters. The summed E-state index contributed by atoms with van der Waals surface area (Å²) in [5.74, 6) is 0.608. The van der Waals surface area contributed by atoms with Crippen molar-refractivity contribution in [3.63, 3.8) is 0 Å². The van der Waals surface area contributed by atoms with E-state index in [9.17, 15) is 4.79 Å². The minimum atomic E-state index is -0.00977. The minimum Gasteiger partial charge on any atom is -0.352 e. The summed E-state index contributed by atoms with van der Waals surface area (Å²) < 4.78 is 0. The predicted molar refractivity (Wildman–Crippen MR) is 77.4 cm³/mol. The van der Waals surface area contributed by atoms with Gasteiger partial charge in [0.05, 0.1) is 0 Å². The van der Waals surface area contributed by atoms with Crippen LogP contribution in [0.25, 0.3) is 0 Å². The number of rotatable bonds is 5. The number of carbonyl (C=O) groups excluding carboxylic acids is 1. The molecule has 0 saturated carbocycles. The van der Waals surface area contributed by atoms with Crippen LogP contribution in [0.5, 0.6) is 0 Å². The third-order valence-electron chi connectivity index (χ3n) is 2.98. The zero-order valence-corrected chi connectivity index (χ0v) is 12.4. The number of hydrogen-bond acceptors (Lipinski definition) is 1. The van der Waals surface area contributed by atoms with Crippen molar-refractivity contribution < 1.29 is 4.79 Å². The van der Waals surface area contributed by atoms with Crippen molar-refractivity contribution in [1.29, 1.82) is 0 Å². The molecule has 0 aliphatic carbocycles. The largest absolute Gasteiger partial charge is 0.352 e. The molecule has 2 nitrogen and oxygen atoms in total. The van der Waals surface area contributed by atoms with Gasteiger partial charge in [-0.1, -0.05) is 31.0 Å². The van der Waals surface area contributed by atoms with Crippen molar-refractivity contribution in [2.75, 3.05) is 12.4 Å². The van der Waals surface area contributed by atoms with E-state index < -0.39 is 0 Å². The molecule has 0 aliphatic heterocycles. The quantitative estimate of drug-likeness (QED) is 0.810. The number of hydrogen-bond donors (Lipinski definition) is 1. The first kappa shape index (κ1) is 15.0. The summed E-state index contributed by atoms with van der Waals surface area (Å²) in [5, 5.41) is 2.98. The van der Waals surface area contributed by atoms with E-state index in [1.54, 1.807) is 0 Å². The Bertz CT molecular complexity index is 406. The molecule has 100 valence electrons. The normalized spacial score (nSPS) is 11.4. The van der Waals surface area contributed by atoms with Crippen molar-refractivity contribution in [3.05, 3.63) is 34.9 Å². The molecular weight excluding hydrogens is 246 g/mol. The van der Waals surface area contributed by atoms with Crippen LogP contribution in [0.2, 0.25) is 0 Å². The van der Waals surface area contributed by atoms with Gasteiger partial charge in [0.25, 0.3) is 5.91 Å². The second-order valence-corrected chi connectivity index (χ2v) is 6.04. The summed E-state index contributed by atoms with van der Waals surface area (Å²) in [6, 6.07) is 5.89. The number of aryl methyl sites for hydroxylation is 2. The lowest BCUT2D eigenvalue weighted by Gasteiger charge is -2.23. The van der Waals surface area contributed by atoms with Crippen molar-refractivity contribution in [3.8, 4) is 0 Å². The molecule has 18 heavy (non-hydrogen) atoms. The fraction of sp³-hybridized carbons (Fsp3) is 0.533. The zero-order valence-electron chi connectivity index (χ0n) is 11.6. The van der Waals surface area contributed by atoms with E-state index in [4.69, 9.17) is 11.6 Å². The van der Waals surface area contributed by atoms with Gasteiger partial charge in [-0.25, -0.2) is 0 Å². The van der Waals surface area contributed by atoms with Crippen LogP contribution >= 0.6 is 11.6 Å². The molecule has 0 radical (unpaired) electrons. The smallest absolute Gasteiger partial charge is 0.251 e. The molecule has 3 heteroatoms. The zero-order chi connectivity index (χ0) is 13.8. The Balaban J connectivity index is 2.66. The fourth-order valence-corrected chi connectivity index (χ4v) is 2.38. The molecule has 1 rings (SSSR count). The maximum Gasteiger partial charge on any atom is 0.251 e. The van der Waals surface area contributed by atoms with Crippen LogP contribution < -0.4 is 5.32 Å². The second kappa shape index (κ2) is 6.24. The minimum absolute atomic E-state index is 0.00977. The highest BCUT2D eigenvalue weighted by Gasteiger charge is 2.18. The van der Waals surface area contributed by atoms with Gasteiger partial charge >= 0.3 is 0 Å². The summed E-state index contributed by atoms with van der Waals surface area (Å²) in [6.45, 7) is 8.86. The number of amides is 1. The van der Waals surface area contributed by atoms with Gasteiger partial charge in [-0.2, -0.15) is 0 Å². The molecule has 0 unspecified atom stereocenters. The summed E-state index contributed by atoms with van der Waals surface area (Å²) >= 11 is 5.75. The third-order valence-corrected chi connectivity index (χ3v) is 3.17. The molecule has 1 aromatic rings. The highest BCUT2D eigenvalue weighted by Crippen LogP contribution is 2.19. The van der Waals surface area contributed by atoms with Crippen LogP contribution in [0.1, 0.15) is 41.8 Å². The average molecular weight is 268 g/mol. The SMILES string of the molecule is Cc1cc(C)cc(C(=O)NCC(C)(C)CCCl)c1. The van der Waals surface area contributed by atoms with Gasteiger partial charge in [-0.15, -0.1) is 11.6 Å². The molecular formula is C15H22ClNO. The van der Waals surface area contributed by atoms with Crippen molar-refractivity contribution in [1.82, 2.24) is 5.32 Å². The van der Waals surface area contributed by atoms with E-state index in [2.05, 4.69) is 25.2 Å². The first-order valence-electron chi connectivity index (χ1n) is 6.26. The first-order chi connectivity index (χ1) is 8.34. The van der Waals surface area contributed by atoms with E-state index in [-0.39, 0.29) is 11.3 Å². The summed E-state index contributed by atoms with van der Waals surface area (Å²) in [6.07, 6.45) is 0.891. The Hall–Kier alpha value is -1.02. The average Bonchev–Trinajstić information content (AvgIpc) is 2.24. The molecule has 1 aromatic carbocycles. The van der Waals surface area contributed by atoms with E-state index in [1.807, 2.05) is 26.0 Å². The van der Waals surface area contributed by atoms with Gasteiger partial charge < -0.3 is 5.32 Å². The number of halogens is 1. The molecule has 0 spiro atoms. The van der Waals surface area contributed by atoms with Crippen LogP contribution in [-0.2, 0) is 0 Å². The van der Waals surface area contributed by atoms with Gasteiger partial charge in [0.2, 0.25) is 0 Å². The van der Waals surface area contributed by atoms with Crippen LogP contribution in [0.3, 0.4) is 0 Å². The molecule has 0 aliphatic rings. The summed E-state index contributed by atoms with van der Waals surface area (Å²) in [5.41, 5.74) is 2.99. The lowest BCUT2D eigenvalue weighted by atomic mass is 9.90. The molecule has 1 amide bonds. The van der Waals surface area contributed by atoms with Crippen LogP contribution in [0, 0.1) is 19.3 Å².